The van der Waals surface area contributed by atoms with Gasteiger partial charge in [-0.15, -0.1) is 0 Å². The van der Waals surface area contributed by atoms with E-state index in [-0.39, 0.29) is 11.8 Å². The topological polar surface area (TPSA) is 67.3 Å². The van der Waals surface area contributed by atoms with Gasteiger partial charge in [0.2, 0.25) is 0 Å². The van der Waals surface area contributed by atoms with Crippen LogP contribution >= 0.6 is 0 Å². The Bertz CT molecular complexity index is 443. The Kier molecular flexibility index (Phi) is 4.11. The zero-order chi connectivity index (χ0) is 13.0. The molecule has 1 aliphatic rings. The maximum atomic E-state index is 11.9. The van der Waals surface area contributed by atoms with E-state index in [9.17, 15) is 9.00 Å². The van der Waals surface area contributed by atoms with Crippen LogP contribution in [0.25, 0.3) is 0 Å². The largest absolute Gasteiger partial charge is 0.481 e. The molecule has 1 aliphatic carbocycles. The first kappa shape index (κ1) is 13.2. The van der Waals surface area contributed by atoms with E-state index in [1.54, 1.807) is 6.20 Å². The van der Waals surface area contributed by atoms with Gasteiger partial charge in [-0.3, -0.25) is 14.0 Å². The van der Waals surface area contributed by atoms with Crippen LogP contribution in [-0.4, -0.2) is 31.8 Å². The molecule has 0 spiro atoms. The molecule has 1 atom stereocenters. The number of carboxylic acids is 1. The quantitative estimate of drug-likeness (QED) is 0.815. The smallest absolute Gasteiger partial charge is 0.303 e. The van der Waals surface area contributed by atoms with E-state index in [0.717, 1.165) is 18.5 Å². The van der Waals surface area contributed by atoms with Crippen molar-refractivity contribution in [2.24, 2.45) is 5.41 Å². The molecule has 1 heterocycles. The number of hydrogen-bond donors (Lipinski definition) is 1. The summed E-state index contributed by atoms with van der Waals surface area (Å²) in [5.41, 5.74) is 0.759. The van der Waals surface area contributed by atoms with Gasteiger partial charge in [0.15, 0.2) is 0 Å². The number of aryl methyl sites for hydroxylation is 1. The number of carbonyl (C=O) groups is 1. The van der Waals surface area contributed by atoms with Crippen molar-refractivity contribution in [1.82, 2.24) is 4.98 Å². The van der Waals surface area contributed by atoms with Crippen molar-refractivity contribution >= 4 is 16.8 Å². The number of aromatic nitrogens is 1. The summed E-state index contributed by atoms with van der Waals surface area (Å²) in [5.74, 6) is 0.305. The Morgan fingerprint density at radius 3 is 2.78 bits per heavy atom. The fourth-order valence-corrected chi connectivity index (χ4v) is 3.70. The summed E-state index contributed by atoms with van der Waals surface area (Å²) in [6.07, 6.45) is 4.37. The molecule has 0 radical (unpaired) electrons. The summed E-state index contributed by atoms with van der Waals surface area (Å²) in [6, 6.07) is 5.69. The Labute approximate surface area is 109 Å². The minimum atomic E-state index is -0.947. The Balaban J connectivity index is 1.78. The molecule has 1 unspecified atom stereocenters. The summed E-state index contributed by atoms with van der Waals surface area (Å²) in [6.45, 7) is 0. The molecular formula is C13H17NO3S. The van der Waals surface area contributed by atoms with Crippen LogP contribution in [0.5, 0.6) is 0 Å². The number of hydrogen-bond acceptors (Lipinski definition) is 3. The highest BCUT2D eigenvalue weighted by molar-refractivity contribution is 7.85. The Morgan fingerprint density at radius 1 is 1.44 bits per heavy atom. The Hall–Kier alpha value is -1.23. The summed E-state index contributed by atoms with van der Waals surface area (Å²) >= 11 is 0. The third-order valence-electron chi connectivity index (χ3n) is 3.26. The molecule has 0 amide bonds. The van der Waals surface area contributed by atoms with Gasteiger partial charge in [0.25, 0.3) is 0 Å². The van der Waals surface area contributed by atoms with Gasteiger partial charge in [0.1, 0.15) is 0 Å². The first-order valence-electron chi connectivity index (χ1n) is 6.06. The molecule has 1 N–H and O–H groups in total. The van der Waals surface area contributed by atoms with Crippen LogP contribution in [0.4, 0.5) is 0 Å². The van der Waals surface area contributed by atoms with Crippen LogP contribution in [0.15, 0.2) is 24.4 Å². The standard InChI is InChI=1S/C13H17NO3S/c15-12(16)9-13(5-6-13)10-18(17)8-4-11-3-1-2-7-14-11/h1-3,7H,4-6,8-10H2,(H,15,16). The molecule has 1 aromatic heterocycles. The molecule has 0 saturated heterocycles. The zero-order valence-corrected chi connectivity index (χ0v) is 11.0. The van der Waals surface area contributed by atoms with Gasteiger partial charge >= 0.3 is 5.97 Å². The predicted molar refractivity (Wildman–Crippen MR) is 69.7 cm³/mol. The maximum absolute atomic E-state index is 11.9. The van der Waals surface area contributed by atoms with Crippen molar-refractivity contribution in [2.45, 2.75) is 25.7 Å². The molecule has 0 aromatic carbocycles. The minimum Gasteiger partial charge on any atom is -0.481 e. The average molecular weight is 267 g/mol. The molecule has 1 saturated carbocycles. The second-order valence-corrected chi connectivity index (χ2v) is 6.51. The van der Waals surface area contributed by atoms with Crippen LogP contribution in [0.2, 0.25) is 0 Å². The Morgan fingerprint density at radius 2 is 2.22 bits per heavy atom. The van der Waals surface area contributed by atoms with Gasteiger partial charge in [0, 0.05) is 40.6 Å². The third kappa shape index (κ3) is 3.91. The fourth-order valence-electron chi connectivity index (χ4n) is 2.05. The predicted octanol–water partition coefficient (Wildman–Crippen LogP) is 1.63. The van der Waals surface area contributed by atoms with Gasteiger partial charge in [0.05, 0.1) is 6.42 Å². The lowest BCUT2D eigenvalue weighted by atomic mass is 10.1. The number of nitrogens with zero attached hydrogens (tertiary/aromatic N) is 1. The number of aliphatic carboxylic acids is 1. The summed E-state index contributed by atoms with van der Waals surface area (Å²) in [5, 5.41) is 8.80. The van der Waals surface area contributed by atoms with Gasteiger partial charge in [-0.25, -0.2) is 0 Å². The van der Waals surface area contributed by atoms with E-state index in [2.05, 4.69) is 4.98 Å². The highest BCUT2D eigenvalue weighted by Gasteiger charge is 2.45. The fraction of sp³-hybridized carbons (Fsp3) is 0.538. The van der Waals surface area contributed by atoms with Crippen LogP contribution in [0.3, 0.4) is 0 Å². The van der Waals surface area contributed by atoms with Crippen LogP contribution in [0, 0.1) is 5.41 Å². The van der Waals surface area contributed by atoms with Crippen molar-refractivity contribution in [3.63, 3.8) is 0 Å². The lowest BCUT2D eigenvalue weighted by molar-refractivity contribution is -0.138. The molecule has 4 nitrogen and oxygen atoms in total. The summed E-state index contributed by atoms with van der Waals surface area (Å²) in [7, 11) is -0.947. The van der Waals surface area contributed by atoms with Crippen molar-refractivity contribution in [1.29, 1.82) is 0 Å². The number of carboxylic acid groups (broad SMARTS) is 1. The van der Waals surface area contributed by atoms with Crippen molar-refractivity contribution in [3.8, 4) is 0 Å². The van der Waals surface area contributed by atoms with E-state index in [4.69, 9.17) is 5.11 Å². The molecule has 98 valence electrons. The van der Waals surface area contributed by atoms with Gasteiger partial charge in [-0.1, -0.05) is 6.07 Å². The molecule has 5 heteroatoms. The lowest BCUT2D eigenvalue weighted by Gasteiger charge is -2.11. The molecule has 1 aromatic rings. The second-order valence-electron chi connectivity index (χ2n) is 4.93. The van der Waals surface area contributed by atoms with Crippen molar-refractivity contribution in [2.75, 3.05) is 11.5 Å². The zero-order valence-electron chi connectivity index (χ0n) is 10.2. The minimum absolute atomic E-state index is 0.155. The monoisotopic (exact) mass is 267 g/mol. The van der Waals surface area contributed by atoms with Crippen LogP contribution in [-0.2, 0) is 22.0 Å². The normalized spacial score (nSPS) is 18.2. The average Bonchev–Trinajstić information content (AvgIpc) is 3.06. The van der Waals surface area contributed by atoms with Crippen molar-refractivity contribution < 1.29 is 14.1 Å². The summed E-state index contributed by atoms with van der Waals surface area (Å²) < 4.78 is 11.9. The van der Waals surface area contributed by atoms with E-state index in [0.29, 0.717) is 17.9 Å². The van der Waals surface area contributed by atoms with Crippen LogP contribution < -0.4 is 0 Å². The molecule has 0 bridgehead atoms. The third-order valence-corrected chi connectivity index (χ3v) is 4.86. The summed E-state index contributed by atoms with van der Waals surface area (Å²) in [4.78, 5) is 14.9. The van der Waals surface area contributed by atoms with Gasteiger partial charge < -0.3 is 5.11 Å². The first-order valence-corrected chi connectivity index (χ1v) is 7.55. The molecule has 18 heavy (non-hydrogen) atoms. The molecule has 1 fully saturated rings. The maximum Gasteiger partial charge on any atom is 0.303 e. The van der Waals surface area contributed by atoms with Gasteiger partial charge in [-0.05, 0) is 30.4 Å². The lowest BCUT2D eigenvalue weighted by Crippen LogP contribution is -2.19. The van der Waals surface area contributed by atoms with E-state index in [1.165, 1.54) is 0 Å². The van der Waals surface area contributed by atoms with Gasteiger partial charge in [-0.2, -0.15) is 0 Å². The van der Waals surface area contributed by atoms with E-state index < -0.39 is 16.8 Å². The number of pyridine rings is 1. The molecular weight excluding hydrogens is 250 g/mol. The first-order chi connectivity index (χ1) is 8.60. The molecule has 0 aliphatic heterocycles. The van der Waals surface area contributed by atoms with Crippen molar-refractivity contribution in [3.05, 3.63) is 30.1 Å². The second kappa shape index (κ2) is 5.61. The number of rotatable bonds is 7. The SMILES string of the molecule is O=C(O)CC1(CS(=O)CCc2ccccn2)CC1. The van der Waals surface area contributed by atoms with Crippen LogP contribution in [0.1, 0.15) is 25.0 Å². The molecule has 2 rings (SSSR count). The highest BCUT2D eigenvalue weighted by Crippen LogP contribution is 2.49. The highest BCUT2D eigenvalue weighted by atomic mass is 32.2. The van der Waals surface area contributed by atoms with E-state index in [1.807, 2.05) is 18.2 Å². The van der Waals surface area contributed by atoms with E-state index >= 15 is 0 Å².